The number of amides is 1. The monoisotopic (exact) mass is 460 g/mol. The summed E-state index contributed by atoms with van der Waals surface area (Å²) in [4.78, 5) is 13.0. The molecule has 32 heavy (non-hydrogen) atoms. The minimum Gasteiger partial charge on any atom is -0.495 e. The van der Waals surface area contributed by atoms with Gasteiger partial charge in [-0.15, -0.1) is 0 Å². The van der Waals surface area contributed by atoms with Crippen molar-refractivity contribution in [2.24, 2.45) is 5.92 Å². The smallest absolute Gasteiger partial charge is 0.243 e. The zero-order valence-electron chi connectivity index (χ0n) is 18.3. The lowest BCUT2D eigenvalue weighted by Gasteiger charge is -2.30. The van der Waals surface area contributed by atoms with Crippen molar-refractivity contribution in [1.29, 1.82) is 0 Å². The summed E-state index contributed by atoms with van der Waals surface area (Å²) in [5.41, 5.74) is 1.64. The summed E-state index contributed by atoms with van der Waals surface area (Å²) in [7, 11) is -2.13. The van der Waals surface area contributed by atoms with E-state index in [4.69, 9.17) is 14.2 Å². The van der Waals surface area contributed by atoms with Crippen LogP contribution in [0.2, 0.25) is 0 Å². The van der Waals surface area contributed by atoms with E-state index in [0.29, 0.717) is 49.0 Å². The number of fused-ring (bicyclic) bond motifs is 1. The minimum absolute atomic E-state index is 0.124. The van der Waals surface area contributed by atoms with Crippen molar-refractivity contribution in [2.45, 2.75) is 31.1 Å². The first-order valence-corrected chi connectivity index (χ1v) is 12.2. The van der Waals surface area contributed by atoms with Crippen molar-refractivity contribution in [3.05, 3.63) is 42.0 Å². The molecule has 2 aromatic rings. The average molecular weight is 461 g/mol. The third kappa shape index (κ3) is 4.68. The van der Waals surface area contributed by atoms with Crippen molar-refractivity contribution in [1.82, 2.24) is 4.31 Å². The van der Waals surface area contributed by atoms with E-state index < -0.39 is 10.0 Å². The van der Waals surface area contributed by atoms with Crippen molar-refractivity contribution in [3.63, 3.8) is 0 Å². The summed E-state index contributed by atoms with van der Waals surface area (Å²) in [5.74, 6) is 1.21. The SMILES string of the molecule is COc1ccc(C)cc1NC(=O)C1CCN(S(=O)(=O)c2ccc3c(c2)OCCCO3)CC1. The third-order valence-corrected chi connectivity index (χ3v) is 7.69. The lowest BCUT2D eigenvalue weighted by molar-refractivity contribution is -0.120. The van der Waals surface area contributed by atoms with Gasteiger partial charge in [0, 0.05) is 31.5 Å². The van der Waals surface area contributed by atoms with Gasteiger partial charge in [0.15, 0.2) is 11.5 Å². The maximum atomic E-state index is 13.2. The maximum absolute atomic E-state index is 13.2. The van der Waals surface area contributed by atoms with E-state index in [9.17, 15) is 13.2 Å². The molecule has 0 radical (unpaired) electrons. The molecule has 4 rings (SSSR count). The van der Waals surface area contributed by atoms with Crippen LogP contribution < -0.4 is 19.5 Å². The van der Waals surface area contributed by atoms with Crippen molar-refractivity contribution in [2.75, 3.05) is 38.7 Å². The number of ether oxygens (including phenoxy) is 3. The Hall–Kier alpha value is -2.78. The highest BCUT2D eigenvalue weighted by Gasteiger charge is 2.33. The normalized spacial score (nSPS) is 17.4. The van der Waals surface area contributed by atoms with Crippen LogP contribution in [0.25, 0.3) is 0 Å². The van der Waals surface area contributed by atoms with E-state index in [1.165, 1.54) is 10.4 Å². The molecule has 1 saturated heterocycles. The van der Waals surface area contributed by atoms with Gasteiger partial charge in [0.1, 0.15) is 5.75 Å². The second-order valence-corrected chi connectivity index (χ2v) is 9.97. The first kappa shape index (κ1) is 22.4. The number of nitrogens with zero attached hydrogens (tertiary/aromatic N) is 1. The summed E-state index contributed by atoms with van der Waals surface area (Å²) >= 11 is 0. The number of aryl methyl sites for hydroxylation is 1. The Morgan fingerprint density at radius 1 is 1.06 bits per heavy atom. The van der Waals surface area contributed by atoms with E-state index in [0.717, 1.165) is 12.0 Å². The fourth-order valence-electron chi connectivity index (χ4n) is 3.97. The fourth-order valence-corrected chi connectivity index (χ4v) is 5.45. The Morgan fingerprint density at radius 3 is 2.50 bits per heavy atom. The molecule has 1 fully saturated rings. The summed E-state index contributed by atoms with van der Waals surface area (Å²) in [6.07, 6.45) is 1.65. The minimum atomic E-state index is -3.69. The van der Waals surface area contributed by atoms with Crippen molar-refractivity contribution in [3.8, 4) is 17.2 Å². The third-order valence-electron chi connectivity index (χ3n) is 5.79. The second-order valence-electron chi connectivity index (χ2n) is 8.03. The molecule has 0 saturated carbocycles. The number of sulfonamides is 1. The lowest BCUT2D eigenvalue weighted by atomic mass is 9.97. The van der Waals surface area contributed by atoms with Crippen LogP contribution >= 0.6 is 0 Å². The van der Waals surface area contributed by atoms with Crippen molar-refractivity contribution >= 4 is 21.6 Å². The molecule has 0 aliphatic carbocycles. The van der Waals surface area contributed by atoms with Gasteiger partial charge in [0.25, 0.3) is 0 Å². The highest BCUT2D eigenvalue weighted by molar-refractivity contribution is 7.89. The first-order chi connectivity index (χ1) is 15.4. The zero-order chi connectivity index (χ0) is 22.7. The number of piperidine rings is 1. The predicted octanol–water partition coefficient (Wildman–Crippen LogP) is 3.20. The largest absolute Gasteiger partial charge is 0.495 e. The number of hydrogen-bond donors (Lipinski definition) is 1. The van der Waals surface area contributed by atoms with Gasteiger partial charge in [-0.05, 0) is 49.6 Å². The summed E-state index contributed by atoms with van der Waals surface area (Å²) in [6.45, 7) is 3.53. The number of anilines is 1. The Labute approximate surface area is 188 Å². The number of methoxy groups -OCH3 is 1. The van der Waals surface area contributed by atoms with E-state index in [2.05, 4.69) is 5.32 Å². The highest BCUT2D eigenvalue weighted by Crippen LogP contribution is 2.34. The van der Waals surface area contributed by atoms with E-state index in [-0.39, 0.29) is 29.8 Å². The van der Waals surface area contributed by atoms with Crippen LogP contribution in [0.4, 0.5) is 5.69 Å². The molecule has 2 aliphatic rings. The summed E-state index contributed by atoms with van der Waals surface area (Å²) < 4.78 is 44.3. The molecule has 0 aromatic heterocycles. The standard InChI is InChI=1S/C23H28N2O6S/c1-16-4-6-20(29-2)19(14-16)24-23(26)17-8-10-25(11-9-17)32(27,28)18-5-7-21-22(15-18)31-13-3-12-30-21/h4-7,14-15,17H,3,8-13H2,1-2H3,(H,24,26). The van der Waals surface area contributed by atoms with Gasteiger partial charge in [-0.1, -0.05) is 6.07 Å². The fraction of sp³-hybridized carbons (Fsp3) is 0.435. The van der Waals surface area contributed by atoms with Gasteiger partial charge < -0.3 is 19.5 Å². The topological polar surface area (TPSA) is 94.2 Å². The van der Waals surface area contributed by atoms with Gasteiger partial charge in [0.2, 0.25) is 15.9 Å². The summed E-state index contributed by atoms with van der Waals surface area (Å²) in [6, 6.07) is 10.3. The van der Waals surface area contributed by atoms with Gasteiger partial charge >= 0.3 is 0 Å². The van der Waals surface area contributed by atoms with Gasteiger partial charge in [0.05, 0.1) is 30.9 Å². The summed E-state index contributed by atoms with van der Waals surface area (Å²) in [5, 5.41) is 2.94. The van der Waals surface area contributed by atoms with E-state index in [1.807, 2.05) is 25.1 Å². The lowest BCUT2D eigenvalue weighted by Crippen LogP contribution is -2.41. The molecule has 8 nitrogen and oxygen atoms in total. The second kappa shape index (κ2) is 9.38. The number of carbonyl (C=O) groups is 1. The van der Waals surface area contributed by atoms with Crippen LogP contribution in [0.1, 0.15) is 24.8 Å². The Balaban J connectivity index is 1.41. The highest BCUT2D eigenvalue weighted by atomic mass is 32.2. The molecule has 9 heteroatoms. The van der Waals surface area contributed by atoms with Crippen molar-refractivity contribution < 1.29 is 27.4 Å². The van der Waals surface area contributed by atoms with Gasteiger partial charge in [-0.25, -0.2) is 8.42 Å². The molecule has 1 amide bonds. The quantitative estimate of drug-likeness (QED) is 0.736. The number of nitrogens with one attached hydrogen (secondary N) is 1. The Bertz CT molecular complexity index is 1090. The average Bonchev–Trinajstić information content (AvgIpc) is 3.04. The number of rotatable bonds is 5. The molecule has 172 valence electrons. The molecule has 1 N–H and O–H groups in total. The van der Waals surface area contributed by atoms with Crippen LogP contribution in [-0.4, -0.2) is 52.0 Å². The molecule has 0 spiro atoms. The van der Waals surface area contributed by atoms with Crippen LogP contribution in [-0.2, 0) is 14.8 Å². The molecule has 2 heterocycles. The predicted molar refractivity (Wildman–Crippen MR) is 120 cm³/mol. The van der Waals surface area contributed by atoms with Crippen LogP contribution in [0.15, 0.2) is 41.3 Å². The Morgan fingerprint density at radius 2 is 1.78 bits per heavy atom. The van der Waals surface area contributed by atoms with E-state index >= 15 is 0 Å². The molecular weight excluding hydrogens is 432 g/mol. The molecule has 2 aliphatic heterocycles. The molecule has 0 bridgehead atoms. The Kier molecular flexibility index (Phi) is 6.57. The van der Waals surface area contributed by atoms with Gasteiger partial charge in [-0.3, -0.25) is 4.79 Å². The first-order valence-electron chi connectivity index (χ1n) is 10.7. The number of hydrogen-bond acceptors (Lipinski definition) is 6. The van der Waals surface area contributed by atoms with E-state index in [1.54, 1.807) is 19.2 Å². The molecule has 2 aromatic carbocycles. The zero-order valence-corrected chi connectivity index (χ0v) is 19.1. The van der Waals surface area contributed by atoms with Crippen LogP contribution in [0.3, 0.4) is 0 Å². The maximum Gasteiger partial charge on any atom is 0.243 e. The molecule has 0 atom stereocenters. The van der Waals surface area contributed by atoms with Crippen LogP contribution in [0, 0.1) is 12.8 Å². The molecule has 0 unspecified atom stereocenters. The molecular formula is C23H28N2O6S. The van der Waals surface area contributed by atoms with Crippen LogP contribution in [0.5, 0.6) is 17.2 Å². The number of benzene rings is 2. The van der Waals surface area contributed by atoms with Gasteiger partial charge in [-0.2, -0.15) is 4.31 Å². The number of carbonyl (C=O) groups excluding carboxylic acids is 1.